The molecular weight excluding hydrogens is 316 g/mol. The van der Waals surface area contributed by atoms with Gasteiger partial charge in [0.2, 0.25) is 0 Å². The van der Waals surface area contributed by atoms with Crippen molar-refractivity contribution in [2.75, 3.05) is 33.3 Å². The van der Waals surface area contributed by atoms with Crippen LogP contribution in [0.3, 0.4) is 0 Å². The minimum atomic E-state index is 0.0947. The van der Waals surface area contributed by atoms with Gasteiger partial charge in [-0.3, -0.25) is 14.4 Å². The number of methoxy groups -OCH3 is 1. The number of benzene rings is 1. The van der Waals surface area contributed by atoms with E-state index in [1.807, 2.05) is 33.8 Å². The van der Waals surface area contributed by atoms with Crippen molar-refractivity contribution in [2.45, 2.75) is 26.9 Å². The number of amides is 1. The minimum absolute atomic E-state index is 0.0947. The first kappa shape index (κ1) is 17.5. The van der Waals surface area contributed by atoms with Gasteiger partial charge in [0.25, 0.3) is 5.91 Å². The Bertz CT molecular complexity index is 716. The zero-order valence-electron chi connectivity index (χ0n) is 15.2. The molecule has 0 N–H and O–H groups in total. The summed E-state index contributed by atoms with van der Waals surface area (Å²) in [4.78, 5) is 16.9. The van der Waals surface area contributed by atoms with Gasteiger partial charge in [-0.2, -0.15) is 5.10 Å². The minimum Gasteiger partial charge on any atom is -0.497 e. The van der Waals surface area contributed by atoms with Gasteiger partial charge in [0.15, 0.2) is 0 Å². The topological polar surface area (TPSA) is 50.6 Å². The molecule has 25 heavy (non-hydrogen) atoms. The molecule has 0 bridgehead atoms. The van der Waals surface area contributed by atoms with Crippen LogP contribution in [-0.4, -0.2) is 58.8 Å². The summed E-state index contributed by atoms with van der Waals surface area (Å²) in [7, 11) is 1.63. The molecule has 6 nitrogen and oxygen atoms in total. The molecule has 1 aromatic carbocycles. The van der Waals surface area contributed by atoms with Crippen LogP contribution in [0.15, 0.2) is 30.5 Å². The quantitative estimate of drug-likeness (QED) is 0.836. The largest absolute Gasteiger partial charge is 0.497 e. The molecule has 1 fully saturated rings. The lowest BCUT2D eigenvalue weighted by atomic mass is 10.1. The fourth-order valence-corrected chi connectivity index (χ4v) is 3.14. The Balaban J connectivity index is 1.55. The summed E-state index contributed by atoms with van der Waals surface area (Å²) in [5.74, 6) is 0.863. The van der Waals surface area contributed by atoms with Crippen LogP contribution in [0.25, 0.3) is 0 Å². The first-order valence-corrected chi connectivity index (χ1v) is 8.79. The summed E-state index contributed by atoms with van der Waals surface area (Å²) in [6.07, 6.45) is 2.13. The molecule has 2 heterocycles. The van der Waals surface area contributed by atoms with Gasteiger partial charge in [0.05, 0.1) is 12.8 Å². The molecule has 6 heteroatoms. The fourth-order valence-electron chi connectivity index (χ4n) is 3.14. The Morgan fingerprint density at radius 3 is 2.40 bits per heavy atom. The Morgan fingerprint density at radius 2 is 1.84 bits per heavy atom. The van der Waals surface area contributed by atoms with Gasteiger partial charge in [-0.25, -0.2) is 0 Å². The number of hydrogen-bond donors (Lipinski definition) is 0. The average Bonchev–Trinajstić information content (AvgIpc) is 3.01. The predicted octanol–water partition coefficient (Wildman–Crippen LogP) is 2.18. The highest BCUT2D eigenvalue weighted by Crippen LogP contribution is 2.16. The molecule has 2 aromatic rings. The Kier molecular flexibility index (Phi) is 5.38. The monoisotopic (exact) mass is 342 g/mol. The standard InChI is InChI=1S/C19H26N4O2/c1-4-23-14-17(15(2)20-23)13-21-9-11-22(12-10-21)19(24)16-5-7-18(25-3)8-6-16/h5-8,14H,4,9-13H2,1-3H3. The molecule has 1 aliphatic heterocycles. The first-order valence-electron chi connectivity index (χ1n) is 8.79. The van der Waals surface area contributed by atoms with Crippen molar-refractivity contribution in [2.24, 2.45) is 0 Å². The zero-order valence-corrected chi connectivity index (χ0v) is 15.2. The molecule has 1 aromatic heterocycles. The van der Waals surface area contributed by atoms with Crippen molar-refractivity contribution in [3.05, 3.63) is 47.3 Å². The molecule has 134 valence electrons. The second kappa shape index (κ2) is 7.70. The Morgan fingerprint density at radius 1 is 1.16 bits per heavy atom. The maximum atomic E-state index is 12.6. The molecular formula is C19H26N4O2. The highest BCUT2D eigenvalue weighted by atomic mass is 16.5. The van der Waals surface area contributed by atoms with Gasteiger partial charge in [-0.1, -0.05) is 0 Å². The van der Waals surface area contributed by atoms with Gasteiger partial charge >= 0.3 is 0 Å². The van der Waals surface area contributed by atoms with E-state index in [2.05, 4.69) is 30.0 Å². The van der Waals surface area contributed by atoms with Crippen molar-refractivity contribution < 1.29 is 9.53 Å². The lowest BCUT2D eigenvalue weighted by Gasteiger charge is -2.34. The second-order valence-electron chi connectivity index (χ2n) is 6.39. The third kappa shape index (κ3) is 4.02. The maximum Gasteiger partial charge on any atom is 0.253 e. The van der Waals surface area contributed by atoms with E-state index in [1.165, 1.54) is 5.56 Å². The van der Waals surface area contributed by atoms with Gasteiger partial charge < -0.3 is 9.64 Å². The molecule has 0 spiro atoms. The van der Waals surface area contributed by atoms with E-state index in [0.29, 0.717) is 5.56 Å². The van der Waals surface area contributed by atoms with Gasteiger partial charge in [0.1, 0.15) is 5.75 Å². The highest BCUT2D eigenvalue weighted by Gasteiger charge is 2.22. The second-order valence-corrected chi connectivity index (χ2v) is 6.39. The van der Waals surface area contributed by atoms with Gasteiger partial charge in [-0.15, -0.1) is 0 Å². The van der Waals surface area contributed by atoms with Crippen LogP contribution in [0.5, 0.6) is 5.75 Å². The van der Waals surface area contributed by atoms with E-state index in [1.54, 1.807) is 7.11 Å². The third-order valence-electron chi connectivity index (χ3n) is 4.76. The lowest BCUT2D eigenvalue weighted by Crippen LogP contribution is -2.48. The van der Waals surface area contributed by atoms with E-state index in [4.69, 9.17) is 4.74 Å². The Labute approximate surface area is 149 Å². The highest BCUT2D eigenvalue weighted by molar-refractivity contribution is 5.94. The van der Waals surface area contributed by atoms with Crippen molar-refractivity contribution >= 4 is 5.91 Å². The molecule has 0 aliphatic carbocycles. The predicted molar refractivity (Wildman–Crippen MR) is 96.8 cm³/mol. The third-order valence-corrected chi connectivity index (χ3v) is 4.76. The number of piperazine rings is 1. The van der Waals surface area contributed by atoms with Crippen molar-refractivity contribution in [1.29, 1.82) is 0 Å². The molecule has 0 radical (unpaired) electrons. The molecule has 1 saturated heterocycles. The Hall–Kier alpha value is -2.34. The summed E-state index contributed by atoms with van der Waals surface area (Å²) in [6.45, 7) is 9.24. The fraction of sp³-hybridized carbons (Fsp3) is 0.474. The van der Waals surface area contributed by atoms with E-state index in [-0.39, 0.29) is 5.91 Å². The summed E-state index contributed by atoms with van der Waals surface area (Å²) in [5, 5.41) is 4.51. The normalized spacial score (nSPS) is 15.4. The van der Waals surface area contributed by atoms with Crippen LogP contribution in [-0.2, 0) is 13.1 Å². The van der Waals surface area contributed by atoms with Gasteiger partial charge in [0, 0.05) is 56.6 Å². The number of ether oxygens (including phenoxy) is 1. The van der Waals surface area contributed by atoms with Crippen molar-refractivity contribution in [3.8, 4) is 5.75 Å². The van der Waals surface area contributed by atoms with Crippen LogP contribution in [0.4, 0.5) is 0 Å². The molecule has 3 rings (SSSR count). The van der Waals surface area contributed by atoms with E-state index >= 15 is 0 Å². The molecule has 0 atom stereocenters. The lowest BCUT2D eigenvalue weighted by molar-refractivity contribution is 0.0628. The number of aryl methyl sites for hydroxylation is 2. The van der Waals surface area contributed by atoms with E-state index in [9.17, 15) is 4.79 Å². The molecule has 1 amide bonds. The summed E-state index contributed by atoms with van der Waals surface area (Å²) >= 11 is 0. The SMILES string of the molecule is CCn1cc(CN2CCN(C(=O)c3ccc(OC)cc3)CC2)c(C)n1. The number of rotatable bonds is 5. The smallest absolute Gasteiger partial charge is 0.253 e. The number of nitrogens with zero attached hydrogens (tertiary/aromatic N) is 4. The van der Waals surface area contributed by atoms with Crippen LogP contribution < -0.4 is 4.74 Å². The van der Waals surface area contributed by atoms with E-state index in [0.717, 1.165) is 50.7 Å². The number of aromatic nitrogens is 2. The van der Waals surface area contributed by atoms with Crippen LogP contribution in [0.1, 0.15) is 28.5 Å². The summed E-state index contributed by atoms with van der Waals surface area (Å²) in [5.41, 5.74) is 3.09. The number of hydrogen-bond acceptors (Lipinski definition) is 4. The van der Waals surface area contributed by atoms with Crippen LogP contribution in [0, 0.1) is 6.92 Å². The molecule has 1 aliphatic rings. The number of carbonyl (C=O) groups excluding carboxylic acids is 1. The first-order chi connectivity index (χ1) is 12.1. The maximum absolute atomic E-state index is 12.6. The van der Waals surface area contributed by atoms with Crippen LogP contribution >= 0.6 is 0 Å². The van der Waals surface area contributed by atoms with E-state index < -0.39 is 0 Å². The molecule has 0 unspecified atom stereocenters. The average molecular weight is 342 g/mol. The summed E-state index contributed by atoms with van der Waals surface area (Å²) < 4.78 is 7.13. The van der Waals surface area contributed by atoms with Crippen molar-refractivity contribution in [3.63, 3.8) is 0 Å². The zero-order chi connectivity index (χ0) is 17.8. The number of carbonyl (C=O) groups is 1. The van der Waals surface area contributed by atoms with Gasteiger partial charge in [-0.05, 0) is 38.1 Å². The molecule has 0 saturated carbocycles. The van der Waals surface area contributed by atoms with Crippen LogP contribution in [0.2, 0.25) is 0 Å². The van der Waals surface area contributed by atoms with Crippen molar-refractivity contribution in [1.82, 2.24) is 19.6 Å². The summed E-state index contributed by atoms with van der Waals surface area (Å²) in [6, 6.07) is 7.32.